The molecule has 1 nitrogen and oxygen atoms in total. The lowest BCUT2D eigenvalue weighted by atomic mass is 9.93. The minimum absolute atomic E-state index is 0.410. The summed E-state index contributed by atoms with van der Waals surface area (Å²) in [5.74, 6) is 0.891. The van der Waals surface area contributed by atoms with Crippen LogP contribution in [0.2, 0.25) is 0 Å². The van der Waals surface area contributed by atoms with E-state index in [-0.39, 0.29) is 0 Å². The van der Waals surface area contributed by atoms with E-state index in [1.54, 1.807) is 0 Å². The van der Waals surface area contributed by atoms with Crippen LogP contribution in [0.3, 0.4) is 0 Å². The molecule has 0 amide bonds. The zero-order chi connectivity index (χ0) is 19.5. The minimum atomic E-state index is 0.410. The Bertz CT molecular complexity index is 264. The van der Waals surface area contributed by atoms with Crippen molar-refractivity contribution in [1.82, 2.24) is 0 Å². The molecule has 0 aromatic rings. The van der Waals surface area contributed by atoms with Gasteiger partial charge in [0.05, 0.1) is 0 Å². The molecule has 0 N–H and O–H groups in total. The summed E-state index contributed by atoms with van der Waals surface area (Å²) >= 11 is 0. The van der Waals surface area contributed by atoms with Gasteiger partial charge in [-0.2, -0.15) is 0 Å². The molecule has 0 rings (SSSR count). The van der Waals surface area contributed by atoms with Crippen molar-refractivity contribution < 1.29 is 4.74 Å². The maximum atomic E-state index is 5.73. The third kappa shape index (κ3) is 24.0. The summed E-state index contributed by atoms with van der Waals surface area (Å²) in [6, 6.07) is 0. The molecule has 158 valence electrons. The molecule has 0 heterocycles. The summed E-state index contributed by atoms with van der Waals surface area (Å²) in [7, 11) is 0. The summed E-state index contributed by atoms with van der Waals surface area (Å²) in [5, 5.41) is 0. The highest BCUT2D eigenvalue weighted by Gasteiger charge is 2.08. The van der Waals surface area contributed by atoms with Crippen molar-refractivity contribution in [3.05, 3.63) is 0 Å². The number of ether oxygens (including phenoxy) is 1. The molecule has 0 saturated carbocycles. The fourth-order valence-electron chi connectivity index (χ4n) is 3.36. The topological polar surface area (TPSA) is 9.23 Å². The first-order valence-electron chi connectivity index (χ1n) is 12.0. The SMILES string of the molecule is CC(C)CCCCCCCCCCCCCCCCOCCC(C)(C)C. The second kappa shape index (κ2) is 18.3. The molecule has 0 unspecified atom stereocenters. The van der Waals surface area contributed by atoms with E-state index < -0.39 is 0 Å². The summed E-state index contributed by atoms with van der Waals surface area (Å²) in [6.07, 6.45) is 22.6. The zero-order valence-electron chi connectivity index (χ0n) is 19.2. The van der Waals surface area contributed by atoms with Gasteiger partial charge >= 0.3 is 0 Å². The van der Waals surface area contributed by atoms with Crippen molar-refractivity contribution in [3.8, 4) is 0 Å². The molecule has 0 aromatic carbocycles. The summed E-state index contributed by atoms with van der Waals surface area (Å²) < 4.78 is 5.73. The van der Waals surface area contributed by atoms with Gasteiger partial charge in [-0.15, -0.1) is 0 Å². The van der Waals surface area contributed by atoms with Crippen molar-refractivity contribution in [2.24, 2.45) is 11.3 Å². The molecule has 0 fully saturated rings. The van der Waals surface area contributed by atoms with E-state index in [2.05, 4.69) is 34.6 Å². The van der Waals surface area contributed by atoms with Crippen LogP contribution in [-0.4, -0.2) is 13.2 Å². The van der Waals surface area contributed by atoms with Gasteiger partial charge in [-0.3, -0.25) is 0 Å². The van der Waals surface area contributed by atoms with Crippen LogP contribution in [-0.2, 0) is 4.74 Å². The predicted molar refractivity (Wildman–Crippen MR) is 119 cm³/mol. The van der Waals surface area contributed by atoms with Crippen LogP contribution >= 0.6 is 0 Å². The number of unbranched alkanes of at least 4 members (excludes halogenated alkanes) is 13. The Morgan fingerprint density at radius 2 is 0.923 bits per heavy atom. The van der Waals surface area contributed by atoms with Crippen LogP contribution in [0.5, 0.6) is 0 Å². The monoisotopic (exact) mass is 368 g/mol. The van der Waals surface area contributed by atoms with Crippen LogP contribution in [0.25, 0.3) is 0 Å². The average Bonchev–Trinajstić information content (AvgIpc) is 2.55. The van der Waals surface area contributed by atoms with Crippen LogP contribution in [0.15, 0.2) is 0 Å². The van der Waals surface area contributed by atoms with Crippen molar-refractivity contribution in [2.45, 2.75) is 137 Å². The largest absolute Gasteiger partial charge is 0.381 e. The Kier molecular flexibility index (Phi) is 18.3. The number of rotatable bonds is 19. The lowest BCUT2D eigenvalue weighted by Gasteiger charge is -2.17. The normalized spacial score (nSPS) is 12.2. The van der Waals surface area contributed by atoms with Crippen molar-refractivity contribution in [3.63, 3.8) is 0 Å². The van der Waals surface area contributed by atoms with E-state index in [9.17, 15) is 0 Å². The second-order valence-electron chi connectivity index (χ2n) is 10.1. The van der Waals surface area contributed by atoms with Gasteiger partial charge in [0, 0.05) is 13.2 Å². The maximum Gasteiger partial charge on any atom is 0.0471 e. The third-order valence-corrected chi connectivity index (χ3v) is 5.32. The Hall–Kier alpha value is -0.0400. The molecule has 26 heavy (non-hydrogen) atoms. The van der Waals surface area contributed by atoms with E-state index in [1.807, 2.05) is 0 Å². The van der Waals surface area contributed by atoms with Gasteiger partial charge in [0.15, 0.2) is 0 Å². The molecule has 0 spiro atoms. The molecule has 0 aliphatic carbocycles. The molecule has 0 aromatic heterocycles. The van der Waals surface area contributed by atoms with E-state index in [0.717, 1.165) is 19.1 Å². The molecule has 0 radical (unpaired) electrons. The minimum Gasteiger partial charge on any atom is -0.381 e. The summed E-state index contributed by atoms with van der Waals surface area (Å²) in [6.45, 7) is 13.4. The average molecular weight is 369 g/mol. The standard InChI is InChI=1S/C25H52O/c1-24(2)20-18-16-14-12-10-8-6-7-9-11-13-15-17-19-22-26-23-21-25(3,4)5/h24H,6-23H2,1-5H3. The maximum absolute atomic E-state index is 5.73. The van der Waals surface area contributed by atoms with Crippen molar-refractivity contribution >= 4 is 0 Å². The van der Waals surface area contributed by atoms with Gasteiger partial charge in [-0.05, 0) is 24.2 Å². The van der Waals surface area contributed by atoms with Gasteiger partial charge in [-0.25, -0.2) is 0 Å². The van der Waals surface area contributed by atoms with Gasteiger partial charge in [0.25, 0.3) is 0 Å². The first-order chi connectivity index (χ1) is 12.4. The van der Waals surface area contributed by atoms with E-state index in [0.29, 0.717) is 5.41 Å². The fourth-order valence-corrected chi connectivity index (χ4v) is 3.36. The van der Waals surface area contributed by atoms with Crippen LogP contribution in [0.4, 0.5) is 0 Å². The molecule has 0 saturated heterocycles. The number of hydrogen-bond donors (Lipinski definition) is 0. The van der Waals surface area contributed by atoms with Gasteiger partial charge in [0.1, 0.15) is 0 Å². The first kappa shape index (κ1) is 26.0. The van der Waals surface area contributed by atoms with E-state index >= 15 is 0 Å². The molecule has 0 bridgehead atoms. The van der Waals surface area contributed by atoms with Crippen LogP contribution in [0, 0.1) is 11.3 Å². The lowest BCUT2D eigenvalue weighted by molar-refractivity contribution is 0.105. The molecular weight excluding hydrogens is 316 g/mol. The molecule has 0 aliphatic heterocycles. The van der Waals surface area contributed by atoms with Crippen molar-refractivity contribution in [2.75, 3.05) is 13.2 Å². The Morgan fingerprint density at radius 3 is 1.31 bits per heavy atom. The van der Waals surface area contributed by atoms with E-state index in [4.69, 9.17) is 4.74 Å². The lowest BCUT2D eigenvalue weighted by Crippen LogP contribution is -2.09. The smallest absolute Gasteiger partial charge is 0.0471 e. The summed E-state index contributed by atoms with van der Waals surface area (Å²) in [4.78, 5) is 0. The zero-order valence-corrected chi connectivity index (χ0v) is 19.2. The Labute approximate surface area is 167 Å². The van der Waals surface area contributed by atoms with Crippen LogP contribution in [0.1, 0.15) is 137 Å². The van der Waals surface area contributed by atoms with E-state index in [1.165, 1.54) is 103 Å². The van der Waals surface area contributed by atoms with Gasteiger partial charge < -0.3 is 4.74 Å². The summed E-state index contributed by atoms with van der Waals surface area (Å²) in [5.41, 5.74) is 0.410. The Balaban J connectivity index is 3.03. The fraction of sp³-hybridized carbons (Fsp3) is 1.00. The molecular formula is C25H52O. The Morgan fingerprint density at radius 1 is 0.538 bits per heavy atom. The van der Waals surface area contributed by atoms with Crippen molar-refractivity contribution in [1.29, 1.82) is 0 Å². The third-order valence-electron chi connectivity index (χ3n) is 5.32. The quantitative estimate of drug-likeness (QED) is 0.207. The second-order valence-corrected chi connectivity index (χ2v) is 10.1. The van der Waals surface area contributed by atoms with Gasteiger partial charge in [-0.1, -0.05) is 125 Å². The highest BCUT2D eigenvalue weighted by Crippen LogP contribution is 2.18. The van der Waals surface area contributed by atoms with Crippen LogP contribution < -0.4 is 0 Å². The molecule has 0 aliphatic rings. The highest BCUT2D eigenvalue weighted by atomic mass is 16.5. The highest BCUT2D eigenvalue weighted by molar-refractivity contribution is 4.59. The van der Waals surface area contributed by atoms with Gasteiger partial charge in [0.2, 0.25) is 0 Å². The molecule has 0 atom stereocenters. The molecule has 1 heteroatoms. The first-order valence-corrected chi connectivity index (χ1v) is 12.0. The number of hydrogen-bond acceptors (Lipinski definition) is 1. The predicted octanol–water partition coefficient (Wildman–Crippen LogP) is 8.95.